The fourth-order valence-electron chi connectivity index (χ4n) is 3.70. The Labute approximate surface area is 183 Å². The molecular weight excluding hydrogens is 423 g/mol. The molecule has 5 nitrogen and oxygen atoms in total. The van der Waals surface area contributed by atoms with Crippen LogP contribution in [0.4, 0.5) is 0 Å². The van der Waals surface area contributed by atoms with Crippen LogP contribution in [0.15, 0.2) is 59.7 Å². The van der Waals surface area contributed by atoms with E-state index in [2.05, 4.69) is 5.10 Å². The number of fused-ring (bicyclic) bond motifs is 1. The maximum atomic E-state index is 12.3. The fourth-order valence-corrected chi connectivity index (χ4v) is 4.24. The number of halogens is 2. The van der Waals surface area contributed by atoms with E-state index in [9.17, 15) is 9.59 Å². The Morgan fingerprint density at radius 3 is 2.53 bits per heavy atom. The zero-order valence-corrected chi connectivity index (χ0v) is 17.9. The van der Waals surface area contributed by atoms with Crippen molar-refractivity contribution >= 4 is 51.6 Å². The van der Waals surface area contributed by atoms with Crippen molar-refractivity contribution in [3.05, 3.63) is 75.8 Å². The minimum atomic E-state index is -0.424. The quantitative estimate of drug-likeness (QED) is 0.383. The Bertz CT molecular complexity index is 1210. The lowest BCUT2D eigenvalue weighted by atomic mass is 9.96. The first-order chi connectivity index (χ1) is 14.3. The lowest BCUT2D eigenvalue weighted by Crippen LogP contribution is -2.24. The van der Waals surface area contributed by atoms with Crippen molar-refractivity contribution < 1.29 is 14.3 Å². The summed E-state index contributed by atoms with van der Waals surface area (Å²) in [6, 6.07) is 16.3. The Balaban J connectivity index is 1.82. The molecule has 0 bridgehead atoms. The van der Waals surface area contributed by atoms with Crippen molar-refractivity contribution in [2.45, 2.75) is 26.3 Å². The number of hydrazone groups is 1. The summed E-state index contributed by atoms with van der Waals surface area (Å²) in [5.41, 5.74) is 2.07. The molecule has 0 unspecified atom stereocenters. The van der Waals surface area contributed by atoms with E-state index in [0.717, 1.165) is 16.3 Å². The molecule has 0 aliphatic carbocycles. The molecule has 7 heteroatoms. The van der Waals surface area contributed by atoms with Gasteiger partial charge in [0, 0.05) is 41.3 Å². The second-order valence-electron chi connectivity index (χ2n) is 7.05. The molecule has 152 valence electrons. The third-order valence-corrected chi connectivity index (χ3v) is 5.55. The molecule has 0 N–H and O–H groups in total. The van der Waals surface area contributed by atoms with Crippen molar-refractivity contribution in [3.63, 3.8) is 0 Å². The molecule has 1 amide bonds. The van der Waals surface area contributed by atoms with Crippen LogP contribution in [0.2, 0.25) is 10.0 Å². The minimum absolute atomic E-state index is 0.212. The summed E-state index contributed by atoms with van der Waals surface area (Å²) in [7, 11) is 0. The number of benzene rings is 3. The van der Waals surface area contributed by atoms with Gasteiger partial charge in [-0.3, -0.25) is 9.59 Å². The Kier molecular flexibility index (Phi) is 5.50. The molecule has 30 heavy (non-hydrogen) atoms. The van der Waals surface area contributed by atoms with Gasteiger partial charge in [-0.05, 0) is 29.1 Å². The molecule has 0 spiro atoms. The second-order valence-corrected chi connectivity index (χ2v) is 7.90. The highest BCUT2D eigenvalue weighted by Crippen LogP contribution is 2.40. The zero-order valence-electron chi connectivity index (χ0n) is 16.4. The zero-order chi connectivity index (χ0) is 21.4. The molecule has 1 aliphatic rings. The van der Waals surface area contributed by atoms with Crippen LogP contribution in [0.5, 0.6) is 5.75 Å². The first kappa shape index (κ1) is 20.4. The van der Waals surface area contributed by atoms with Gasteiger partial charge in [0.1, 0.15) is 5.75 Å². The van der Waals surface area contributed by atoms with Crippen LogP contribution >= 0.6 is 23.2 Å². The topological polar surface area (TPSA) is 59.0 Å². The third-order valence-electron chi connectivity index (χ3n) is 4.99. The molecule has 0 saturated heterocycles. The maximum Gasteiger partial charge on any atom is 0.308 e. The number of nitrogens with zero attached hydrogens (tertiary/aromatic N) is 2. The van der Waals surface area contributed by atoms with Gasteiger partial charge < -0.3 is 4.74 Å². The predicted molar refractivity (Wildman–Crippen MR) is 118 cm³/mol. The van der Waals surface area contributed by atoms with Gasteiger partial charge in [0.25, 0.3) is 0 Å². The average molecular weight is 441 g/mol. The molecule has 4 rings (SSSR count). The maximum absolute atomic E-state index is 12.3. The Hall–Kier alpha value is -2.89. The summed E-state index contributed by atoms with van der Waals surface area (Å²) in [6.45, 7) is 2.82. The van der Waals surface area contributed by atoms with Gasteiger partial charge in [-0.2, -0.15) is 5.10 Å². The standard InChI is InChI=1S/C23H18Cl2N2O3/c1-13(28)27-22(18-10-8-16(24)11-20(18)25)12-21(26-27)19-9-7-15-5-3-4-6-17(15)23(19)30-14(2)29/h3-11,22H,12H2,1-2H3/t22-/m1/s1. The number of ether oxygens (including phenoxy) is 1. The predicted octanol–water partition coefficient (Wildman–Crippen LogP) is 5.77. The largest absolute Gasteiger partial charge is 0.425 e. The van der Waals surface area contributed by atoms with Crippen LogP contribution in [-0.2, 0) is 9.59 Å². The number of amides is 1. The lowest BCUT2D eigenvalue weighted by molar-refractivity contribution is -0.132. The summed E-state index contributed by atoms with van der Waals surface area (Å²) in [5, 5.41) is 8.71. The number of carbonyl (C=O) groups is 2. The Morgan fingerprint density at radius 1 is 1.07 bits per heavy atom. The van der Waals surface area contributed by atoms with Gasteiger partial charge in [0.2, 0.25) is 5.91 Å². The van der Waals surface area contributed by atoms with Gasteiger partial charge in [-0.25, -0.2) is 5.01 Å². The summed E-state index contributed by atoms with van der Waals surface area (Å²) in [6.07, 6.45) is 0.424. The molecule has 0 saturated carbocycles. The van der Waals surface area contributed by atoms with E-state index in [-0.39, 0.29) is 11.9 Å². The van der Waals surface area contributed by atoms with Crippen LogP contribution in [0.25, 0.3) is 10.8 Å². The highest BCUT2D eigenvalue weighted by molar-refractivity contribution is 6.35. The van der Waals surface area contributed by atoms with E-state index in [4.69, 9.17) is 27.9 Å². The summed E-state index contributed by atoms with van der Waals surface area (Å²) in [5.74, 6) is -0.200. The number of carbonyl (C=O) groups excluding carboxylic acids is 2. The fraction of sp³-hybridized carbons (Fsp3) is 0.174. The summed E-state index contributed by atoms with van der Waals surface area (Å²) in [4.78, 5) is 24.1. The van der Waals surface area contributed by atoms with E-state index in [1.807, 2.05) is 36.4 Å². The second kappa shape index (κ2) is 8.09. The van der Waals surface area contributed by atoms with Crippen molar-refractivity contribution in [1.29, 1.82) is 0 Å². The molecule has 0 fully saturated rings. The van der Waals surface area contributed by atoms with Crippen LogP contribution in [0.1, 0.15) is 37.4 Å². The summed E-state index contributed by atoms with van der Waals surface area (Å²) >= 11 is 12.4. The number of hydrogen-bond acceptors (Lipinski definition) is 4. The lowest BCUT2D eigenvalue weighted by Gasteiger charge is -2.21. The third kappa shape index (κ3) is 3.78. The average Bonchev–Trinajstić information content (AvgIpc) is 3.13. The van der Waals surface area contributed by atoms with Crippen LogP contribution in [0, 0.1) is 0 Å². The van der Waals surface area contributed by atoms with E-state index >= 15 is 0 Å². The molecular formula is C23H18Cl2N2O3. The van der Waals surface area contributed by atoms with Gasteiger partial charge in [0.15, 0.2) is 0 Å². The molecule has 3 aromatic rings. The van der Waals surface area contributed by atoms with E-state index in [0.29, 0.717) is 33.5 Å². The van der Waals surface area contributed by atoms with Crippen molar-refractivity contribution in [1.82, 2.24) is 5.01 Å². The van der Waals surface area contributed by atoms with Crippen LogP contribution in [0.3, 0.4) is 0 Å². The first-order valence-electron chi connectivity index (χ1n) is 9.38. The molecule has 1 aliphatic heterocycles. The summed E-state index contributed by atoms with van der Waals surface area (Å²) < 4.78 is 5.58. The van der Waals surface area contributed by atoms with E-state index < -0.39 is 5.97 Å². The highest BCUT2D eigenvalue weighted by atomic mass is 35.5. The molecule has 0 radical (unpaired) electrons. The van der Waals surface area contributed by atoms with Gasteiger partial charge >= 0.3 is 5.97 Å². The molecule has 0 aromatic heterocycles. The van der Waals surface area contributed by atoms with Gasteiger partial charge in [-0.15, -0.1) is 0 Å². The monoisotopic (exact) mass is 440 g/mol. The van der Waals surface area contributed by atoms with Gasteiger partial charge in [-0.1, -0.05) is 59.6 Å². The van der Waals surface area contributed by atoms with Gasteiger partial charge in [0.05, 0.1) is 11.8 Å². The minimum Gasteiger partial charge on any atom is -0.425 e. The molecule has 1 heterocycles. The van der Waals surface area contributed by atoms with Crippen LogP contribution in [-0.4, -0.2) is 22.6 Å². The Morgan fingerprint density at radius 2 is 1.83 bits per heavy atom. The number of hydrogen-bond donors (Lipinski definition) is 0. The van der Waals surface area contributed by atoms with Crippen molar-refractivity contribution in [3.8, 4) is 5.75 Å². The van der Waals surface area contributed by atoms with Crippen molar-refractivity contribution in [2.24, 2.45) is 5.10 Å². The highest BCUT2D eigenvalue weighted by Gasteiger charge is 2.34. The van der Waals surface area contributed by atoms with Crippen LogP contribution < -0.4 is 4.74 Å². The first-order valence-corrected chi connectivity index (χ1v) is 10.1. The van der Waals surface area contributed by atoms with Crippen molar-refractivity contribution in [2.75, 3.05) is 0 Å². The van der Waals surface area contributed by atoms with E-state index in [1.165, 1.54) is 18.9 Å². The molecule has 1 atom stereocenters. The SMILES string of the molecule is CC(=O)Oc1c(C2=NN(C(C)=O)[C@@H](c3ccc(Cl)cc3Cl)C2)ccc2ccccc12. The number of esters is 1. The normalized spacial score (nSPS) is 15.9. The van der Waals surface area contributed by atoms with E-state index in [1.54, 1.807) is 18.2 Å². The smallest absolute Gasteiger partial charge is 0.308 e. The number of rotatable bonds is 3. The molecule has 3 aromatic carbocycles.